The molecule has 0 radical (unpaired) electrons. The molecular formula is C11H19N3O3. The average Bonchev–Trinajstić information content (AvgIpc) is 2.71. The van der Waals surface area contributed by atoms with Gasteiger partial charge in [-0.25, -0.2) is 0 Å². The Labute approximate surface area is 101 Å². The molecule has 17 heavy (non-hydrogen) atoms. The maximum Gasteiger partial charge on any atom is 0.221 e. The summed E-state index contributed by atoms with van der Waals surface area (Å²) < 4.78 is 9.77. The normalized spacial score (nSPS) is 10.2. The molecule has 6 heteroatoms. The van der Waals surface area contributed by atoms with Gasteiger partial charge in [0.05, 0.1) is 0 Å². The first-order chi connectivity index (χ1) is 8.22. The minimum Gasteiger partial charge on any atom is -0.385 e. The molecule has 0 bridgehead atoms. The van der Waals surface area contributed by atoms with Gasteiger partial charge in [-0.2, -0.15) is 0 Å². The van der Waals surface area contributed by atoms with E-state index in [1.165, 1.54) is 0 Å². The van der Waals surface area contributed by atoms with Crippen LogP contribution in [0.2, 0.25) is 0 Å². The Kier molecular flexibility index (Phi) is 6.09. The molecule has 0 saturated heterocycles. The lowest BCUT2D eigenvalue weighted by Crippen LogP contribution is -2.26. The van der Waals surface area contributed by atoms with Gasteiger partial charge in [-0.1, -0.05) is 5.16 Å². The maximum atomic E-state index is 11.4. The van der Waals surface area contributed by atoms with Gasteiger partial charge in [-0.3, -0.25) is 4.79 Å². The predicted molar refractivity (Wildman–Crippen MR) is 63.8 cm³/mol. The van der Waals surface area contributed by atoms with E-state index in [0.29, 0.717) is 31.9 Å². The van der Waals surface area contributed by atoms with Gasteiger partial charge in [0.15, 0.2) is 5.82 Å². The highest BCUT2D eigenvalue weighted by atomic mass is 16.5. The molecule has 1 amide bonds. The first-order valence-corrected chi connectivity index (χ1v) is 5.65. The summed E-state index contributed by atoms with van der Waals surface area (Å²) in [5.41, 5.74) is 0. The van der Waals surface area contributed by atoms with Crippen LogP contribution >= 0.6 is 0 Å². The fourth-order valence-corrected chi connectivity index (χ4v) is 1.29. The van der Waals surface area contributed by atoms with Gasteiger partial charge in [-0.15, -0.1) is 0 Å². The Bertz CT molecular complexity index is 338. The van der Waals surface area contributed by atoms with Crippen molar-refractivity contribution < 1.29 is 14.1 Å². The molecule has 1 rings (SSSR count). The van der Waals surface area contributed by atoms with Crippen molar-refractivity contribution in [3.8, 4) is 0 Å². The summed E-state index contributed by atoms with van der Waals surface area (Å²) in [6.07, 6.45) is 1.25. The molecule has 0 atom stereocenters. The number of rotatable bonds is 8. The molecule has 0 aliphatic carbocycles. The van der Waals surface area contributed by atoms with Gasteiger partial charge < -0.3 is 19.9 Å². The number of anilines is 1. The Morgan fingerprint density at radius 3 is 3.00 bits per heavy atom. The number of amides is 1. The maximum absolute atomic E-state index is 11.4. The molecule has 1 aromatic rings. The van der Waals surface area contributed by atoms with Gasteiger partial charge in [0.2, 0.25) is 5.91 Å². The van der Waals surface area contributed by atoms with Crippen molar-refractivity contribution in [3.05, 3.63) is 11.8 Å². The van der Waals surface area contributed by atoms with E-state index in [2.05, 4.69) is 15.8 Å². The van der Waals surface area contributed by atoms with Crippen LogP contribution in [0.25, 0.3) is 0 Å². The summed E-state index contributed by atoms with van der Waals surface area (Å²) >= 11 is 0. The zero-order valence-electron chi connectivity index (χ0n) is 10.3. The smallest absolute Gasteiger partial charge is 0.221 e. The summed E-state index contributed by atoms with van der Waals surface area (Å²) in [7, 11) is 1.64. The molecule has 0 aromatic carbocycles. The van der Waals surface area contributed by atoms with Crippen LogP contribution in [0.15, 0.2) is 10.6 Å². The minimum atomic E-state index is 0.0221. The second-order valence-corrected chi connectivity index (χ2v) is 3.70. The van der Waals surface area contributed by atoms with E-state index in [0.717, 1.165) is 12.2 Å². The van der Waals surface area contributed by atoms with Crippen LogP contribution in [0.1, 0.15) is 18.6 Å². The highest BCUT2D eigenvalue weighted by Crippen LogP contribution is 2.06. The zero-order chi connectivity index (χ0) is 12.5. The van der Waals surface area contributed by atoms with Crippen LogP contribution in [-0.4, -0.2) is 37.9 Å². The van der Waals surface area contributed by atoms with Crippen LogP contribution in [-0.2, 0) is 9.53 Å². The van der Waals surface area contributed by atoms with E-state index < -0.39 is 0 Å². The van der Waals surface area contributed by atoms with Crippen molar-refractivity contribution in [1.82, 2.24) is 10.5 Å². The van der Waals surface area contributed by atoms with Crippen LogP contribution in [0.4, 0.5) is 5.82 Å². The fourth-order valence-electron chi connectivity index (χ4n) is 1.29. The largest absolute Gasteiger partial charge is 0.385 e. The third-order valence-electron chi connectivity index (χ3n) is 2.13. The highest BCUT2D eigenvalue weighted by Gasteiger charge is 2.02. The van der Waals surface area contributed by atoms with Gasteiger partial charge in [0.1, 0.15) is 5.76 Å². The van der Waals surface area contributed by atoms with E-state index in [4.69, 9.17) is 9.26 Å². The number of aromatic nitrogens is 1. The number of carbonyl (C=O) groups excluding carboxylic acids is 1. The molecule has 0 spiro atoms. The average molecular weight is 241 g/mol. The molecule has 96 valence electrons. The number of nitrogens with zero attached hydrogens (tertiary/aromatic N) is 1. The van der Waals surface area contributed by atoms with Crippen LogP contribution < -0.4 is 10.6 Å². The van der Waals surface area contributed by atoms with Crippen molar-refractivity contribution in [2.24, 2.45) is 0 Å². The Morgan fingerprint density at radius 2 is 2.35 bits per heavy atom. The Hall–Kier alpha value is -1.56. The van der Waals surface area contributed by atoms with Crippen molar-refractivity contribution in [2.75, 3.05) is 32.1 Å². The second-order valence-electron chi connectivity index (χ2n) is 3.70. The van der Waals surface area contributed by atoms with E-state index >= 15 is 0 Å². The third kappa shape index (κ3) is 5.91. The molecule has 2 N–H and O–H groups in total. The lowest BCUT2D eigenvalue weighted by molar-refractivity contribution is -0.120. The molecule has 0 fully saturated rings. The SMILES string of the molecule is COCCCNC(=O)CCNc1cc(C)on1. The van der Waals surface area contributed by atoms with Gasteiger partial charge in [0, 0.05) is 39.3 Å². The monoisotopic (exact) mass is 241 g/mol. The van der Waals surface area contributed by atoms with Gasteiger partial charge in [0.25, 0.3) is 0 Å². The quantitative estimate of drug-likeness (QED) is 0.662. The lowest BCUT2D eigenvalue weighted by Gasteiger charge is -2.05. The van der Waals surface area contributed by atoms with E-state index in [9.17, 15) is 4.79 Å². The summed E-state index contributed by atoms with van der Waals surface area (Å²) in [5, 5.41) is 9.58. The van der Waals surface area contributed by atoms with E-state index in [-0.39, 0.29) is 5.91 Å². The van der Waals surface area contributed by atoms with Gasteiger partial charge in [-0.05, 0) is 13.3 Å². The molecule has 0 aliphatic heterocycles. The summed E-state index contributed by atoms with van der Waals surface area (Å²) in [5.74, 6) is 1.43. The standard InChI is InChI=1S/C11H19N3O3/c1-9-8-10(14-17-9)12-6-4-11(15)13-5-3-7-16-2/h8H,3-7H2,1-2H3,(H,12,14)(H,13,15). The fraction of sp³-hybridized carbons (Fsp3) is 0.636. The molecule has 0 aliphatic rings. The van der Waals surface area contributed by atoms with E-state index in [1.54, 1.807) is 13.2 Å². The number of nitrogens with one attached hydrogen (secondary N) is 2. The number of aryl methyl sites for hydroxylation is 1. The predicted octanol–water partition coefficient (Wildman–Crippen LogP) is 0.938. The third-order valence-corrected chi connectivity index (χ3v) is 2.13. The molecule has 6 nitrogen and oxygen atoms in total. The van der Waals surface area contributed by atoms with Crippen molar-refractivity contribution in [2.45, 2.75) is 19.8 Å². The molecular weight excluding hydrogens is 222 g/mol. The van der Waals surface area contributed by atoms with Crippen LogP contribution in [0.5, 0.6) is 0 Å². The van der Waals surface area contributed by atoms with Crippen molar-refractivity contribution >= 4 is 11.7 Å². The van der Waals surface area contributed by atoms with Crippen molar-refractivity contribution in [3.63, 3.8) is 0 Å². The number of carbonyl (C=O) groups is 1. The van der Waals surface area contributed by atoms with Gasteiger partial charge >= 0.3 is 0 Å². The number of ether oxygens (including phenoxy) is 1. The first kappa shape index (κ1) is 13.5. The Balaban J connectivity index is 2.04. The summed E-state index contributed by atoms with van der Waals surface area (Å²) in [6, 6.07) is 1.79. The second kappa shape index (κ2) is 7.67. The van der Waals surface area contributed by atoms with E-state index in [1.807, 2.05) is 6.92 Å². The highest BCUT2D eigenvalue weighted by molar-refractivity contribution is 5.76. The lowest BCUT2D eigenvalue weighted by atomic mass is 10.3. The number of hydrogen-bond acceptors (Lipinski definition) is 5. The summed E-state index contributed by atoms with van der Waals surface area (Å²) in [4.78, 5) is 11.4. The summed E-state index contributed by atoms with van der Waals surface area (Å²) in [6.45, 7) is 3.68. The zero-order valence-corrected chi connectivity index (χ0v) is 10.3. The Morgan fingerprint density at radius 1 is 1.53 bits per heavy atom. The molecule has 1 heterocycles. The first-order valence-electron chi connectivity index (χ1n) is 5.65. The molecule has 1 aromatic heterocycles. The molecule has 0 unspecified atom stereocenters. The number of methoxy groups -OCH3 is 1. The van der Waals surface area contributed by atoms with Crippen LogP contribution in [0.3, 0.4) is 0 Å². The molecule has 0 saturated carbocycles. The minimum absolute atomic E-state index is 0.0221. The van der Waals surface area contributed by atoms with Crippen molar-refractivity contribution in [1.29, 1.82) is 0 Å². The topological polar surface area (TPSA) is 76.4 Å². The number of hydrogen-bond donors (Lipinski definition) is 2. The van der Waals surface area contributed by atoms with Crippen LogP contribution in [0, 0.1) is 6.92 Å².